The van der Waals surface area contributed by atoms with Gasteiger partial charge in [-0.1, -0.05) is 19.1 Å². The number of nitriles is 1. The number of aromatic nitrogens is 1. The fourth-order valence-corrected chi connectivity index (χ4v) is 2.66. The summed E-state index contributed by atoms with van der Waals surface area (Å²) in [5.74, 6) is 0.688. The number of methoxy groups -OCH3 is 1. The van der Waals surface area contributed by atoms with Gasteiger partial charge in [0.05, 0.1) is 30.4 Å². The maximum Gasteiger partial charge on any atom is 0.129 e. The third-order valence-corrected chi connectivity index (χ3v) is 3.67. The minimum Gasteiger partial charge on any atom is -0.496 e. The molecule has 0 radical (unpaired) electrons. The molecule has 0 fully saturated rings. The molecule has 1 heterocycles. The van der Waals surface area contributed by atoms with Crippen molar-refractivity contribution in [2.75, 3.05) is 7.11 Å². The van der Waals surface area contributed by atoms with Gasteiger partial charge in [-0.15, -0.1) is 11.3 Å². The summed E-state index contributed by atoms with van der Waals surface area (Å²) >= 11 is 1.55. The van der Waals surface area contributed by atoms with Crippen LogP contribution in [0, 0.1) is 11.3 Å². The first-order valence-corrected chi connectivity index (χ1v) is 6.66. The number of nitrogens with zero attached hydrogens (tertiary/aromatic N) is 2. The van der Waals surface area contributed by atoms with E-state index in [2.05, 4.69) is 11.1 Å². The SMILES string of the molecule is CCC(C#N)c1csc(-c2ccccc2OC)n1. The normalized spacial score (nSPS) is 11.8. The summed E-state index contributed by atoms with van der Waals surface area (Å²) in [4.78, 5) is 4.55. The second-order valence-electron chi connectivity index (χ2n) is 3.87. The lowest BCUT2D eigenvalue weighted by atomic mass is 10.1. The van der Waals surface area contributed by atoms with Crippen LogP contribution in [0.5, 0.6) is 5.75 Å². The zero-order chi connectivity index (χ0) is 13.0. The van der Waals surface area contributed by atoms with Gasteiger partial charge >= 0.3 is 0 Å². The van der Waals surface area contributed by atoms with E-state index in [9.17, 15) is 0 Å². The molecule has 0 aliphatic rings. The van der Waals surface area contributed by atoms with Crippen LogP contribution in [0.1, 0.15) is 25.0 Å². The molecule has 0 aliphatic carbocycles. The van der Waals surface area contributed by atoms with Gasteiger partial charge in [0.1, 0.15) is 10.8 Å². The molecule has 0 spiro atoms. The van der Waals surface area contributed by atoms with Crippen molar-refractivity contribution in [2.45, 2.75) is 19.3 Å². The summed E-state index contributed by atoms with van der Waals surface area (Å²) in [5.41, 5.74) is 1.83. The van der Waals surface area contributed by atoms with E-state index in [0.29, 0.717) is 0 Å². The van der Waals surface area contributed by atoms with Crippen LogP contribution in [0.4, 0.5) is 0 Å². The molecular weight excluding hydrogens is 244 g/mol. The predicted molar refractivity (Wildman–Crippen MR) is 72.7 cm³/mol. The first-order chi connectivity index (χ1) is 8.80. The average Bonchev–Trinajstić information content (AvgIpc) is 2.89. The molecule has 2 aromatic rings. The summed E-state index contributed by atoms with van der Waals surface area (Å²) in [6.45, 7) is 2.00. The Balaban J connectivity index is 2.38. The molecule has 0 saturated carbocycles. The lowest BCUT2D eigenvalue weighted by Gasteiger charge is -2.05. The molecule has 1 aromatic carbocycles. The molecule has 0 aliphatic heterocycles. The van der Waals surface area contributed by atoms with Crippen LogP contribution < -0.4 is 4.74 Å². The average molecular weight is 258 g/mol. The van der Waals surface area contributed by atoms with Gasteiger partial charge in [-0.3, -0.25) is 0 Å². The van der Waals surface area contributed by atoms with Crippen LogP contribution in [0.25, 0.3) is 10.6 Å². The zero-order valence-corrected chi connectivity index (χ0v) is 11.2. The van der Waals surface area contributed by atoms with Gasteiger partial charge in [-0.2, -0.15) is 5.26 Å². The van der Waals surface area contributed by atoms with E-state index in [1.165, 1.54) is 0 Å². The highest BCUT2D eigenvalue weighted by molar-refractivity contribution is 7.13. The number of hydrogen-bond donors (Lipinski definition) is 0. The van der Waals surface area contributed by atoms with Gasteiger partial charge in [0.15, 0.2) is 0 Å². The number of benzene rings is 1. The number of rotatable bonds is 4. The quantitative estimate of drug-likeness (QED) is 0.837. The largest absolute Gasteiger partial charge is 0.496 e. The van der Waals surface area contributed by atoms with E-state index >= 15 is 0 Å². The van der Waals surface area contributed by atoms with Crippen LogP contribution in [-0.2, 0) is 0 Å². The lowest BCUT2D eigenvalue weighted by Crippen LogP contribution is -1.94. The maximum absolute atomic E-state index is 9.05. The lowest BCUT2D eigenvalue weighted by molar-refractivity contribution is 0.416. The molecule has 0 N–H and O–H groups in total. The van der Waals surface area contributed by atoms with Gasteiger partial charge in [-0.05, 0) is 18.6 Å². The molecule has 0 saturated heterocycles. The van der Waals surface area contributed by atoms with E-state index in [1.54, 1.807) is 18.4 Å². The third-order valence-electron chi connectivity index (χ3n) is 2.78. The van der Waals surface area contributed by atoms with Crippen molar-refractivity contribution in [3.05, 3.63) is 35.3 Å². The Bertz CT molecular complexity index is 571. The predicted octanol–water partition coefficient (Wildman–Crippen LogP) is 3.84. The van der Waals surface area contributed by atoms with Gasteiger partial charge < -0.3 is 4.74 Å². The summed E-state index contributed by atoms with van der Waals surface area (Å²) in [7, 11) is 1.65. The van der Waals surface area contributed by atoms with Gasteiger partial charge in [0, 0.05) is 5.38 Å². The number of para-hydroxylation sites is 1. The van der Waals surface area contributed by atoms with Crippen LogP contribution >= 0.6 is 11.3 Å². The highest BCUT2D eigenvalue weighted by Gasteiger charge is 2.14. The van der Waals surface area contributed by atoms with Crippen molar-refractivity contribution in [3.63, 3.8) is 0 Å². The van der Waals surface area contributed by atoms with Gasteiger partial charge in [0.25, 0.3) is 0 Å². The van der Waals surface area contributed by atoms with Crippen molar-refractivity contribution >= 4 is 11.3 Å². The molecule has 92 valence electrons. The second-order valence-corrected chi connectivity index (χ2v) is 4.73. The fourth-order valence-electron chi connectivity index (χ4n) is 1.76. The number of hydrogen-bond acceptors (Lipinski definition) is 4. The smallest absolute Gasteiger partial charge is 0.129 e. The highest BCUT2D eigenvalue weighted by Crippen LogP contribution is 2.33. The minimum atomic E-state index is -0.121. The fraction of sp³-hybridized carbons (Fsp3) is 0.286. The Hall–Kier alpha value is -1.86. The van der Waals surface area contributed by atoms with Crippen LogP contribution in [-0.4, -0.2) is 12.1 Å². The molecular formula is C14H14N2OS. The third kappa shape index (κ3) is 2.36. The standard InChI is InChI=1S/C14H14N2OS/c1-3-10(8-15)12-9-18-14(16-12)11-6-4-5-7-13(11)17-2/h4-7,9-10H,3H2,1-2H3. The Morgan fingerprint density at radius 3 is 2.89 bits per heavy atom. The second kappa shape index (κ2) is 5.65. The van der Waals surface area contributed by atoms with Crippen LogP contribution in [0.2, 0.25) is 0 Å². The summed E-state index contributed by atoms with van der Waals surface area (Å²) in [6, 6.07) is 10.1. The Morgan fingerprint density at radius 1 is 1.44 bits per heavy atom. The highest BCUT2D eigenvalue weighted by atomic mass is 32.1. The van der Waals surface area contributed by atoms with Gasteiger partial charge in [0.2, 0.25) is 0 Å². The Kier molecular flexibility index (Phi) is 3.96. The van der Waals surface area contributed by atoms with Crippen LogP contribution in [0.15, 0.2) is 29.6 Å². The molecule has 0 amide bonds. The van der Waals surface area contributed by atoms with Crippen molar-refractivity contribution in [3.8, 4) is 22.4 Å². The molecule has 1 aromatic heterocycles. The molecule has 4 heteroatoms. The van der Waals surface area contributed by atoms with E-state index in [0.717, 1.165) is 28.4 Å². The van der Waals surface area contributed by atoms with Crippen molar-refractivity contribution < 1.29 is 4.74 Å². The molecule has 2 rings (SSSR count). The molecule has 3 nitrogen and oxygen atoms in total. The number of ether oxygens (including phenoxy) is 1. The van der Waals surface area contributed by atoms with Crippen molar-refractivity contribution in [2.24, 2.45) is 0 Å². The molecule has 18 heavy (non-hydrogen) atoms. The molecule has 0 bridgehead atoms. The van der Waals surface area contributed by atoms with E-state index in [1.807, 2.05) is 36.6 Å². The first kappa shape index (κ1) is 12.6. The summed E-state index contributed by atoms with van der Waals surface area (Å²) in [6.07, 6.45) is 0.783. The van der Waals surface area contributed by atoms with Crippen LogP contribution in [0.3, 0.4) is 0 Å². The van der Waals surface area contributed by atoms with E-state index in [-0.39, 0.29) is 5.92 Å². The van der Waals surface area contributed by atoms with E-state index < -0.39 is 0 Å². The Morgan fingerprint density at radius 2 is 2.22 bits per heavy atom. The summed E-state index contributed by atoms with van der Waals surface area (Å²) < 4.78 is 5.32. The summed E-state index contributed by atoms with van der Waals surface area (Å²) in [5, 5.41) is 11.9. The molecule has 1 unspecified atom stereocenters. The maximum atomic E-state index is 9.05. The van der Waals surface area contributed by atoms with Gasteiger partial charge in [-0.25, -0.2) is 4.98 Å². The van der Waals surface area contributed by atoms with Crippen molar-refractivity contribution in [1.82, 2.24) is 4.98 Å². The topological polar surface area (TPSA) is 45.9 Å². The molecule has 1 atom stereocenters. The van der Waals surface area contributed by atoms with Crippen molar-refractivity contribution in [1.29, 1.82) is 5.26 Å². The monoisotopic (exact) mass is 258 g/mol. The Labute approximate surface area is 111 Å². The van der Waals surface area contributed by atoms with E-state index in [4.69, 9.17) is 10.00 Å². The first-order valence-electron chi connectivity index (χ1n) is 5.78. The minimum absolute atomic E-state index is 0.121. The zero-order valence-electron chi connectivity index (χ0n) is 10.4. The number of thiazole rings is 1.